The van der Waals surface area contributed by atoms with E-state index in [0.29, 0.717) is 6.54 Å². The van der Waals surface area contributed by atoms with E-state index in [1.807, 2.05) is 24.3 Å². The molecular formula is C15H22N4O. The number of rotatable bonds is 5. The van der Waals surface area contributed by atoms with Crippen molar-refractivity contribution in [3.8, 4) is 0 Å². The van der Waals surface area contributed by atoms with Crippen LogP contribution in [0.2, 0.25) is 0 Å². The summed E-state index contributed by atoms with van der Waals surface area (Å²) in [5.74, 6) is 1.58. The van der Waals surface area contributed by atoms with Crippen LogP contribution in [0.25, 0.3) is 0 Å². The van der Waals surface area contributed by atoms with E-state index in [2.05, 4.69) is 20.9 Å². The third kappa shape index (κ3) is 4.91. The third-order valence-electron chi connectivity index (χ3n) is 3.19. The van der Waals surface area contributed by atoms with Crippen LogP contribution in [0.5, 0.6) is 0 Å². The first-order valence-electron chi connectivity index (χ1n) is 6.98. The van der Waals surface area contributed by atoms with Gasteiger partial charge in [0.15, 0.2) is 5.96 Å². The van der Waals surface area contributed by atoms with Gasteiger partial charge in [0.1, 0.15) is 0 Å². The second kappa shape index (κ2) is 6.93. The van der Waals surface area contributed by atoms with Gasteiger partial charge < -0.3 is 16.0 Å². The number of amides is 1. The molecule has 1 aliphatic rings. The molecule has 0 unspecified atom stereocenters. The summed E-state index contributed by atoms with van der Waals surface area (Å²) in [5.41, 5.74) is 1.92. The second-order valence-corrected chi connectivity index (χ2v) is 5.13. The second-order valence-electron chi connectivity index (χ2n) is 5.13. The lowest BCUT2D eigenvalue weighted by atomic mass is 10.2. The summed E-state index contributed by atoms with van der Waals surface area (Å²) in [6.07, 6.45) is 2.64. The first kappa shape index (κ1) is 14.4. The Balaban J connectivity index is 1.83. The molecule has 0 aromatic heterocycles. The molecule has 5 heteroatoms. The van der Waals surface area contributed by atoms with Gasteiger partial charge in [0, 0.05) is 32.7 Å². The lowest BCUT2D eigenvalue weighted by Gasteiger charge is -2.12. The lowest BCUT2D eigenvalue weighted by Crippen LogP contribution is -2.37. The number of nitrogens with one attached hydrogen (secondary N) is 3. The number of hydrogen-bond acceptors (Lipinski definition) is 2. The van der Waals surface area contributed by atoms with Gasteiger partial charge >= 0.3 is 0 Å². The van der Waals surface area contributed by atoms with Crippen molar-refractivity contribution in [1.29, 1.82) is 0 Å². The molecule has 20 heavy (non-hydrogen) atoms. The van der Waals surface area contributed by atoms with Gasteiger partial charge in [-0.25, -0.2) is 0 Å². The summed E-state index contributed by atoms with van der Waals surface area (Å²) in [5, 5.41) is 9.38. The molecule has 0 radical (unpaired) electrons. The monoisotopic (exact) mass is 274 g/mol. The topological polar surface area (TPSA) is 65.5 Å². The molecule has 1 fully saturated rings. The van der Waals surface area contributed by atoms with E-state index in [-0.39, 0.29) is 5.91 Å². The van der Waals surface area contributed by atoms with Crippen LogP contribution >= 0.6 is 0 Å². The zero-order valence-electron chi connectivity index (χ0n) is 12.1. The van der Waals surface area contributed by atoms with E-state index in [1.165, 1.54) is 19.8 Å². The molecule has 0 saturated heterocycles. The average Bonchev–Trinajstić information content (AvgIpc) is 3.23. The van der Waals surface area contributed by atoms with E-state index in [9.17, 15) is 4.79 Å². The molecule has 1 aliphatic carbocycles. The van der Waals surface area contributed by atoms with E-state index in [1.54, 1.807) is 7.05 Å². The SMILES string of the molecule is CN=C(NCc1cccc(NC(C)=O)c1)NCC1CC1. The number of guanidine groups is 1. The van der Waals surface area contributed by atoms with Crippen LogP contribution in [-0.2, 0) is 11.3 Å². The Bertz CT molecular complexity index is 494. The maximum absolute atomic E-state index is 11.0. The summed E-state index contributed by atoms with van der Waals surface area (Å²) in [6.45, 7) is 3.18. The molecule has 108 valence electrons. The highest BCUT2D eigenvalue weighted by atomic mass is 16.1. The quantitative estimate of drug-likeness (QED) is 0.566. The van der Waals surface area contributed by atoms with Crippen LogP contribution in [0.1, 0.15) is 25.3 Å². The number of nitrogens with zero attached hydrogens (tertiary/aromatic N) is 1. The Morgan fingerprint density at radius 2 is 2.15 bits per heavy atom. The highest BCUT2D eigenvalue weighted by Crippen LogP contribution is 2.27. The molecule has 2 rings (SSSR count). The summed E-state index contributed by atoms with van der Waals surface area (Å²) in [4.78, 5) is 15.2. The first-order valence-corrected chi connectivity index (χ1v) is 6.98. The number of benzene rings is 1. The van der Waals surface area contributed by atoms with Crippen molar-refractivity contribution in [2.45, 2.75) is 26.3 Å². The van der Waals surface area contributed by atoms with Gasteiger partial charge in [-0.2, -0.15) is 0 Å². The van der Waals surface area contributed by atoms with Gasteiger partial charge in [0.2, 0.25) is 5.91 Å². The summed E-state index contributed by atoms with van der Waals surface area (Å²) in [6, 6.07) is 7.79. The molecule has 1 saturated carbocycles. The standard InChI is InChI=1S/C15H22N4O/c1-11(20)19-14-5-3-4-13(8-14)10-18-15(16-2)17-9-12-6-7-12/h3-5,8,12H,6-7,9-10H2,1-2H3,(H,19,20)(H2,16,17,18). The predicted molar refractivity (Wildman–Crippen MR) is 81.7 cm³/mol. The zero-order chi connectivity index (χ0) is 14.4. The van der Waals surface area contributed by atoms with E-state index < -0.39 is 0 Å². The summed E-state index contributed by atoms with van der Waals surface area (Å²) >= 11 is 0. The summed E-state index contributed by atoms with van der Waals surface area (Å²) in [7, 11) is 1.77. The van der Waals surface area contributed by atoms with Crippen molar-refractivity contribution < 1.29 is 4.79 Å². The minimum Gasteiger partial charge on any atom is -0.356 e. The lowest BCUT2D eigenvalue weighted by molar-refractivity contribution is -0.114. The maximum atomic E-state index is 11.0. The Kier molecular flexibility index (Phi) is 4.98. The molecule has 0 aliphatic heterocycles. The fraction of sp³-hybridized carbons (Fsp3) is 0.467. The summed E-state index contributed by atoms with van der Waals surface area (Å²) < 4.78 is 0. The first-order chi connectivity index (χ1) is 9.67. The molecule has 1 amide bonds. The number of aliphatic imine (C=N–C) groups is 1. The van der Waals surface area contributed by atoms with Crippen molar-refractivity contribution >= 4 is 17.6 Å². The van der Waals surface area contributed by atoms with Gasteiger partial charge in [-0.3, -0.25) is 9.79 Å². The van der Waals surface area contributed by atoms with Crippen LogP contribution in [0.15, 0.2) is 29.3 Å². The predicted octanol–water partition coefficient (Wildman–Crippen LogP) is 1.72. The molecule has 0 spiro atoms. The van der Waals surface area contributed by atoms with Gasteiger partial charge in [0.05, 0.1) is 0 Å². The van der Waals surface area contributed by atoms with Crippen molar-refractivity contribution in [2.75, 3.05) is 18.9 Å². The molecular weight excluding hydrogens is 252 g/mol. The van der Waals surface area contributed by atoms with Crippen LogP contribution in [0, 0.1) is 5.92 Å². The molecule has 0 heterocycles. The Morgan fingerprint density at radius 3 is 2.80 bits per heavy atom. The number of hydrogen-bond donors (Lipinski definition) is 3. The Morgan fingerprint density at radius 1 is 1.35 bits per heavy atom. The number of anilines is 1. The third-order valence-corrected chi connectivity index (χ3v) is 3.19. The van der Waals surface area contributed by atoms with Crippen molar-refractivity contribution in [3.05, 3.63) is 29.8 Å². The van der Waals surface area contributed by atoms with Crippen LogP contribution in [0.3, 0.4) is 0 Å². The molecule has 0 bridgehead atoms. The minimum absolute atomic E-state index is 0.0583. The van der Waals surface area contributed by atoms with Crippen LogP contribution < -0.4 is 16.0 Å². The van der Waals surface area contributed by atoms with E-state index >= 15 is 0 Å². The highest BCUT2D eigenvalue weighted by Gasteiger charge is 2.20. The van der Waals surface area contributed by atoms with Gasteiger partial charge in [0.25, 0.3) is 0 Å². The molecule has 1 aromatic rings. The molecule has 1 aromatic carbocycles. The normalized spacial score (nSPS) is 14.8. The van der Waals surface area contributed by atoms with Gasteiger partial charge in [-0.1, -0.05) is 12.1 Å². The maximum Gasteiger partial charge on any atom is 0.221 e. The van der Waals surface area contributed by atoms with Gasteiger partial charge in [-0.05, 0) is 36.5 Å². The number of carbonyl (C=O) groups excluding carboxylic acids is 1. The largest absolute Gasteiger partial charge is 0.356 e. The van der Waals surface area contributed by atoms with Crippen LogP contribution in [-0.4, -0.2) is 25.5 Å². The molecule has 5 nitrogen and oxygen atoms in total. The number of carbonyl (C=O) groups is 1. The van der Waals surface area contributed by atoms with Gasteiger partial charge in [-0.15, -0.1) is 0 Å². The minimum atomic E-state index is -0.0583. The highest BCUT2D eigenvalue weighted by molar-refractivity contribution is 5.88. The van der Waals surface area contributed by atoms with Crippen molar-refractivity contribution in [3.63, 3.8) is 0 Å². The molecule has 3 N–H and O–H groups in total. The fourth-order valence-corrected chi connectivity index (χ4v) is 1.93. The molecule has 0 atom stereocenters. The average molecular weight is 274 g/mol. The van der Waals surface area contributed by atoms with E-state index in [0.717, 1.165) is 29.7 Å². The van der Waals surface area contributed by atoms with Crippen molar-refractivity contribution in [1.82, 2.24) is 10.6 Å². The van der Waals surface area contributed by atoms with Crippen LogP contribution in [0.4, 0.5) is 5.69 Å². The fourth-order valence-electron chi connectivity index (χ4n) is 1.93. The Hall–Kier alpha value is -2.04. The zero-order valence-corrected chi connectivity index (χ0v) is 12.1. The van der Waals surface area contributed by atoms with E-state index in [4.69, 9.17) is 0 Å². The smallest absolute Gasteiger partial charge is 0.221 e. The Labute approximate surface area is 119 Å². The van der Waals surface area contributed by atoms with Crippen molar-refractivity contribution in [2.24, 2.45) is 10.9 Å².